The van der Waals surface area contributed by atoms with Gasteiger partial charge in [-0.2, -0.15) is 0 Å². The maximum absolute atomic E-state index is 4.38. The fraction of sp³-hybridized carbons (Fsp3) is 0.417. The molecule has 0 saturated carbocycles. The highest BCUT2D eigenvalue weighted by atomic mass is 79.9. The van der Waals surface area contributed by atoms with Gasteiger partial charge in [-0.1, -0.05) is 34.1 Å². The highest BCUT2D eigenvalue weighted by molar-refractivity contribution is 9.10. The molecule has 1 aliphatic rings. The SMILES string of the molecule is Cc1cccc(CNC2=NCCCN2)c1Br. The van der Waals surface area contributed by atoms with Gasteiger partial charge in [0.05, 0.1) is 0 Å². The summed E-state index contributed by atoms with van der Waals surface area (Å²) in [5.41, 5.74) is 2.52. The number of benzene rings is 1. The lowest BCUT2D eigenvalue weighted by Crippen LogP contribution is -2.40. The summed E-state index contributed by atoms with van der Waals surface area (Å²) in [6, 6.07) is 6.30. The summed E-state index contributed by atoms with van der Waals surface area (Å²) in [5, 5.41) is 6.56. The Balaban J connectivity index is 1.99. The van der Waals surface area contributed by atoms with E-state index >= 15 is 0 Å². The van der Waals surface area contributed by atoms with Crippen LogP contribution in [-0.2, 0) is 6.54 Å². The maximum Gasteiger partial charge on any atom is 0.191 e. The topological polar surface area (TPSA) is 36.4 Å². The third-order valence-corrected chi connectivity index (χ3v) is 3.75. The van der Waals surface area contributed by atoms with Gasteiger partial charge in [-0.25, -0.2) is 0 Å². The van der Waals surface area contributed by atoms with Gasteiger partial charge in [0.25, 0.3) is 0 Å². The molecule has 1 heterocycles. The molecule has 0 bridgehead atoms. The molecule has 0 atom stereocenters. The summed E-state index contributed by atoms with van der Waals surface area (Å²) in [5.74, 6) is 0.916. The van der Waals surface area contributed by atoms with Crippen molar-refractivity contribution in [3.8, 4) is 0 Å². The number of hydrogen-bond donors (Lipinski definition) is 2. The molecule has 16 heavy (non-hydrogen) atoms. The summed E-state index contributed by atoms with van der Waals surface area (Å²) in [6.45, 7) is 4.84. The summed E-state index contributed by atoms with van der Waals surface area (Å²) in [4.78, 5) is 4.38. The van der Waals surface area contributed by atoms with Gasteiger partial charge in [0, 0.05) is 24.1 Å². The quantitative estimate of drug-likeness (QED) is 0.872. The minimum atomic E-state index is 0.800. The number of aryl methyl sites for hydroxylation is 1. The van der Waals surface area contributed by atoms with Crippen LogP contribution in [0.4, 0.5) is 0 Å². The summed E-state index contributed by atoms with van der Waals surface area (Å²) in [7, 11) is 0. The van der Waals surface area contributed by atoms with Gasteiger partial charge in [0.15, 0.2) is 5.96 Å². The van der Waals surface area contributed by atoms with Crippen LogP contribution in [-0.4, -0.2) is 19.0 Å². The summed E-state index contributed by atoms with van der Waals surface area (Å²) in [6.07, 6.45) is 1.12. The second kappa shape index (κ2) is 5.34. The Labute approximate surface area is 104 Å². The molecular weight excluding hydrogens is 266 g/mol. The number of aliphatic imine (C=N–C) groups is 1. The van der Waals surface area contributed by atoms with Crippen molar-refractivity contribution in [1.82, 2.24) is 10.6 Å². The molecule has 1 aliphatic heterocycles. The first kappa shape index (κ1) is 11.5. The Bertz CT molecular complexity index is 401. The molecule has 0 amide bonds. The van der Waals surface area contributed by atoms with Crippen molar-refractivity contribution in [1.29, 1.82) is 0 Å². The molecule has 0 spiro atoms. The largest absolute Gasteiger partial charge is 0.356 e. The van der Waals surface area contributed by atoms with Gasteiger partial charge in [0.1, 0.15) is 0 Å². The monoisotopic (exact) mass is 281 g/mol. The fourth-order valence-corrected chi connectivity index (χ4v) is 2.08. The van der Waals surface area contributed by atoms with Gasteiger partial charge in [-0.05, 0) is 24.5 Å². The van der Waals surface area contributed by atoms with Crippen LogP contribution in [0.15, 0.2) is 27.7 Å². The molecule has 3 nitrogen and oxygen atoms in total. The van der Waals surface area contributed by atoms with Crippen molar-refractivity contribution in [2.45, 2.75) is 19.9 Å². The van der Waals surface area contributed by atoms with Crippen molar-refractivity contribution in [2.75, 3.05) is 13.1 Å². The highest BCUT2D eigenvalue weighted by Gasteiger charge is 2.05. The number of halogens is 1. The Morgan fingerprint density at radius 1 is 1.50 bits per heavy atom. The second-order valence-corrected chi connectivity index (χ2v) is 4.71. The van der Waals surface area contributed by atoms with Gasteiger partial charge >= 0.3 is 0 Å². The van der Waals surface area contributed by atoms with Crippen LogP contribution < -0.4 is 10.6 Å². The lowest BCUT2D eigenvalue weighted by molar-refractivity contribution is 0.701. The first-order valence-electron chi connectivity index (χ1n) is 5.53. The Kier molecular flexibility index (Phi) is 3.83. The number of guanidine groups is 1. The van der Waals surface area contributed by atoms with Crippen molar-refractivity contribution in [2.24, 2.45) is 4.99 Å². The standard InChI is InChI=1S/C12H16BrN3/c1-9-4-2-5-10(11(9)13)8-16-12-14-6-3-7-15-12/h2,4-5H,3,6-8H2,1H3,(H2,14,15,16). The first-order valence-corrected chi connectivity index (χ1v) is 6.33. The van der Waals surface area contributed by atoms with E-state index in [1.807, 2.05) is 0 Å². The second-order valence-electron chi connectivity index (χ2n) is 3.91. The van der Waals surface area contributed by atoms with Crippen LogP contribution in [0, 0.1) is 6.92 Å². The molecular formula is C12H16BrN3. The molecule has 0 radical (unpaired) electrons. The lowest BCUT2D eigenvalue weighted by atomic mass is 10.1. The summed E-state index contributed by atoms with van der Waals surface area (Å²) >= 11 is 3.60. The third kappa shape index (κ3) is 2.76. The van der Waals surface area contributed by atoms with Gasteiger partial charge in [-0.3, -0.25) is 4.99 Å². The predicted molar refractivity (Wildman–Crippen MR) is 70.6 cm³/mol. The average Bonchev–Trinajstić information content (AvgIpc) is 2.32. The van der Waals surface area contributed by atoms with Crippen LogP contribution in [0.3, 0.4) is 0 Å². The van der Waals surface area contributed by atoms with E-state index in [1.54, 1.807) is 0 Å². The smallest absolute Gasteiger partial charge is 0.191 e. The molecule has 0 aliphatic carbocycles. The van der Waals surface area contributed by atoms with Crippen LogP contribution >= 0.6 is 15.9 Å². The Morgan fingerprint density at radius 2 is 2.38 bits per heavy atom. The van der Waals surface area contributed by atoms with E-state index in [-0.39, 0.29) is 0 Å². The van der Waals surface area contributed by atoms with E-state index in [2.05, 4.69) is 56.7 Å². The lowest BCUT2D eigenvalue weighted by Gasteiger charge is -2.16. The van der Waals surface area contributed by atoms with Crippen molar-refractivity contribution in [3.63, 3.8) is 0 Å². The van der Waals surface area contributed by atoms with Crippen molar-refractivity contribution < 1.29 is 0 Å². The van der Waals surface area contributed by atoms with Gasteiger partial charge in [-0.15, -0.1) is 0 Å². The molecule has 0 aromatic heterocycles. The minimum absolute atomic E-state index is 0.800. The van der Waals surface area contributed by atoms with Crippen LogP contribution in [0.25, 0.3) is 0 Å². The zero-order valence-electron chi connectivity index (χ0n) is 9.39. The number of rotatable bonds is 2. The van der Waals surface area contributed by atoms with Crippen LogP contribution in [0.2, 0.25) is 0 Å². The molecule has 2 N–H and O–H groups in total. The minimum Gasteiger partial charge on any atom is -0.356 e. The molecule has 4 heteroatoms. The zero-order chi connectivity index (χ0) is 11.4. The molecule has 0 unspecified atom stereocenters. The molecule has 0 fully saturated rings. The van der Waals surface area contributed by atoms with Crippen LogP contribution in [0.1, 0.15) is 17.5 Å². The molecule has 2 rings (SSSR count). The zero-order valence-corrected chi connectivity index (χ0v) is 11.0. The fourth-order valence-electron chi connectivity index (χ4n) is 1.67. The number of hydrogen-bond acceptors (Lipinski definition) is 3. The summed E-state index contributed by atoms with van der Waals surface area (Å²) < 4.78 is 1.18. The van der Waals surface area contributed by atoms with E-state index in [9.17, 15) is 0 Å². The molecule has 86 valence electrons. The molecule has 1 aromatic rings. The highest BCUT2D eigenvalue weighted by Crippen LogP contribution is 2.20. The van der Waals surface area contributed by atoms with Crippen molar-refractivity contribution in [3.05, 3.63) is 33.8 Å². The molecule has 0 saturated heterocycles. The third-order valence-electron chi connectivity index (χ3n) is 2.62. The maximum atomic E-state index is 4.38. The van der Waals surface area contributed by atoms with Gasteiger partial charge in [0.2, 0.25) is 0 Å². The van der Waals surface area contributed by atoms with E-state index in [4.69, 9.17) is 0 Å². The Morgan fingerprint density at radius 3 is 3.12 bits per heavy atom. The first-order chi connectivity index (χ1) is 7.77. The van der Waals surface area contributed by atoms with Crippen LogP contribution in [0.5, 0.6) is 0 Å². The van der Waals surface area contributed by atoms with E-state index in [0.717, 1.165) is 32.0 Å². The van der Waals surface area contributed by atoms with E-state index in [0.29, 0.717) is 0 Å². The molecule has 1 aromatic carbocycles. The van der Waals surface area contributed by atoms with Crippen molar-refractivity contribution >= 4 is 21.9 Å². The number of nitrogens with zero attached hydrogens (tertiary/aromatic N) is 1. The average molecular weight is 282 g/mol. The number of nitrogens with one attached hydrogen (secondary N) is 2. The van der Waals surface area contributed by atoms with E-state index in [1.165, 1.54) is 15.6 Å². The predicted octanol–water partition coefficient (Wildman–Crippen LogP) is 2.20. The van der Waals surface area contributed by atoms with Gasteiger partial charge < -0.3 is 10.6 Å². The normalized spacial score (nSPS) is 15.2. The van der Waals surface area contributed by atoms with E-state index < -0.39 is 0 Å². The Hall–Kier alpha value is -1.03.